The van der Waals surface area contributed by atoms with E-state index < -0.39 is 34.4 Å². The zero-order chi connectivity index (χ0) is 32.2. The third-order valence-corrected chi connectivity index (χ3v) is 8.27. The molecule has 2 heterocycles. The van der Waals surface area contributed by atoms with Crippen LogP contribution in [0.3, 0.4) is 0 Å². The third-order valence-electron chi connectivity index (χ3n) is 7.13. The zero-order valence-corrected chi connectivity index (χ0v) is 25.1. The Morgan fingerprint density at radius 3 is 2.53 bits per heavy atom. The lowest BCUT2D eigenvalue weighted by molar-refractivity contribution is -0.384. The molecule has 228 valence electrons. The normalized spacial score (nSPS) is 15.6. The van der Waals surface area contributed by atoms with Gasteiger partial charge in [0.1, 0.15) is 29.6 Å². The number of nitro benzene ring substituents is 1. The fourth-order valence-corrected chi connectivity index (χ4v) is 5.81. The number of benzene rings is 3. The highest BCUT2D eigenvalue weighted by atomic mass is 32.1. The molecule has 1 aromatic heterocycles. The highest BCUT2D eigenvalue weighted by Gasteiger charge is 2.48. The van der Waals surface area contributed by atoms with Crippen molar-refractivity contribution in [1.29, 1.82) is 0 Å². The molecule has 1 amide bonds. The summed E-state index contributed by atoms with van der Waals surface area (Å²) in [5, 5.41) is 23.1. The molecule has 0 bridgehead atoms. The van der Waals surface area contributed by atoms with Crippen LogP contribution in [0, 0.1) is 24.0 Å². The Labute approximate surface area is 261 Å². The summed E-state index contributed by atoms with van der Waals surface area (Å²) in [5.41, 5.74) is 2.17. The average Bonchev–Trinajstić information content (AvgIpc) is 3.55. The molecule has 11 nitrogen and oxygen atoms in total. The van der Waals surface area contributed by atoms with E-state index in [2.05, 4.69) is 11.6 Å². The van der Waals surface area contributed by atoms with E-state index in [1.165, 1.54) is 30.3 Å². The van der Waals surface area contributed by atoms with E-state index in [0.29, 0.717) is 12.4 Å². The van der Waals surface area contributed by atoms with Crippen molar-refractivity contribution >= 4 is 45.6 Å². The maximum atomic E-state index is 13.5. The smallest absolute Gasteiger partial charge is 0.350 e. The van der Waals surface area contributed by atoms with Crippen molar-refractivity contribution in [2.24, 2.45) is 0 Å². The molecule has 12 heteroatoms. The van der Waals surface area contributed by atoms with E-state index in [1.54, 1.807) is 31.2 Å². The van der Waals surface area contributed by atoms with Crippen LogP contribution in [0.25, 0.3) is 5.76 Å². The summed E-state index contributed by atoms with van der Waals surface area (Å²) >= 11 is 0.824. The Hall–Kier alpha value is -5.62. The van der Waals surface area contributed by atoms with Gasteiger partial charge in [0.2, 0.25) is 0 Å². The number of anilines is 1. The standard InChI is InChI=1S/C33H27N3O8S/c1-4-16-43-32(40)30-20(3)34-33(45-30)35-27(22-10-7-11-24(17-22)36(41)42)26(29(38)31(35)39)28(37)21-12-14-25(15-13-21)44-18-23-9-6-5-8-19(23)2/h4-15,17,27,37H,1,16,18H2,2-3H3. The number of carbonyl (C=O) groups is 3. The number of non-ortho nitro benzene ring substituents is 1. The lowest BCUT2D eigenvalue weighted by Gasteiger charge is -2.22. The van der Waals surface area contributed by atoms with Gasteiger partial charge in [0, 0.05) is 17.7 Å². The number of aliphatic hydroxyl groups excluding tert-OH is 1. The molecular weight excluding hydrogens is 598 g/mol. The van der Waals surface area contributed by atoms with Crippen molar-refractivity contribution in [3.63, 3.8) is 0 Å². The summed E-state index contributed by atoms with van der Waals surface area (Å²) in [6, 6.07) is 18.3. The van der Waals surface area contributed by atoms with E-state index in [4.69, 9.17) is 9.47 Å². The molecular formula is C33H27N3O8S. The first-order valence-electron chi connectivity index (χ1n) is 13.7. The first-order chi connectivity index (χ1) is 21.6. The summed E-state index contributed by atoms with van der Waals surface area (Å²) in [5.74, 6) is -2.71. The van der Waals surface area contributed by atoms with Crippen molar-refractivity contribution in [2.45, 2.75) is 26.5 Å². The minimum Gasteiger partial charge on any atom is -0.507 e. The van der Waals surface area contributed by atoms with E-state index in [1.807, 2.05) is 31.2 Å². The van der Waals surface area contributed by atoms with Gasteiger partial charge in [0.15, 0.2) is 5.13 Å². The van der Waals surface area contributed by atoms with E-state index in [-0.39, 0.29) is 44.7 Å². The Balaban J connectivity index is 1.55. The van der Waals surface area contributed by atoms with Gasteiger partial charge in [-0.3, -0.25) is 24.6 Å². The summed E-state index contributed by atoms with van der Waals surface area (Å²) in [7, 11) is 0. The van der Waals surface area contributed by atoms with Crippen LogP contribution in [0.15, 0.2) is 91.0 Å². The number of ether oxygens (including phenoxy) is 2. The predicted molar refractivity (Wildman–Crippen MR) is 167 cm³/mol. The van der Waals surface area contributed by atoms with Gasteiger partial charge in [0.25, 0.3) is 11.5 Å². The third kappa shape index (κ3) is 6.22. The van der Waals surface area contributed by atoms with Crippen molar-refractivity contribution < 1.29 is 33.9 Å². The van der Waals surface area contributed by atoms with Gasteiger partial charge in [-0.1, -0.05) is 60.4 Å². The number of nitrogens with zero attached hydrogens (tertiary/aromatic N) is 3. The first-order valence-corrected chi connectivity index (χ1v) is 14.5. The molecule has 1 aliphatic rings. The van der Waals surface area contributed by atoms with Crippen LogP contribution in [0.2, 0.25) is 0 Å². The molecule has 1 N–H and O–H groups in total. The number of aromatic nitrogens is 1. The predicted octanol–water partition coefficient (Wildman–Crippen LogP) is 6.22. The maximum absolute atomic E-state index is 13.5. The Bertz CT molecular complexity index is 1860. The van der Waals surface area contributed by atoms with Gasteiger partial charge in [0.05, 0.1) is 22.2 Å². The fourth-order valence-electron chi connectivity index (χ4n) is 4.83. The SMILES string of the molecule is C=CCOC(=O)c1sc(N2C(=O)C(=O)C(=C(O)c3ccc(OCc4ccccc4C)cc3)C2c2cccc([N+](=O)[O-])c2)nc1C. The molecule has 0 radical (unpaired) electrons. The lowest BCUT2D eigenvalue weighted by atomic mass is 9.95. The van der Waals surface area contributed by atoms with Crippen molar-refractivity contribution in [3.05, 3.63) is 134 Å². The monoisotopic (exact) mass is 625 g/mol. The number of hydrogen-bond acceptors (Lipinski definition) is 10. The van der Waals surface area contributed by atoms with E-state index in [9.17, 15) is 29.6 Å². The summed E-state index contributed by atoms with van der Waals surface area (Å²) in [4.78, 5) is 56.2. The number of rotatable bonds is 10. The minimum absolute atomic E-state index is 0.0179. The van der Waals surface area contributed by atoms with Crippen LogP contribution < -0.4 is 9.64 Å². The molecule has 1 aliphatic heterocycles. The molecule has 1 atom stereocenters. The topological polar surface area (TPSA) is 149 Å². The average molecular weight is 626 g/mol. The lowest BCUT2D eigenvalue weighted by Crippen LogP contribution is -2.29. The largest absolute Gasteiger partial charge is 0.507 e. The van der Waals surface area contributed by atoms with Crippen LogP contribution in [-0.2, 0) is 20.9 Å². The molecule has 1 unspecified atom stereocenters. The Morgan fingerprint density at radius 2 is 1.84 bits per heavy atom. The second-order valence-corrected chi connectivity index (χ2v) is 11.0. The molecule has 3 aromatic carbocycles. The van der Waals surface area contributed by atoms with E-state index in [0.717, 1.165) is 27.4 Å². The highest BCUT2D eigenvalue weighted by Crippen LogP contribution is 2.44. The van der Waals surface area contributed by atoms with Gasteiger partial charge in [-0.2, -0.15) is 0 Å². The number of carbonyl (C=O) groups excluding carboxylic acids is 3. The molecule has 0 aliphatic carbocycles. The molecule has 0 saturated carbocycles. The van der Waals surface area contributed by atoms with Crippen LogP contribution in [-0.4, -0.2) is 39.3 Å². The maximum Gasteiger partial charge on any atom is 0.350 e. The molecule has 1 fully saturated rings. The van der Waals surface area contributed by atoms with Crippen molar-refractivity contribution in [1.82, 2.24) is 4.98 Å². The van der Waals surface area contributed by atoms with Crippen molar-refractivity contribution in [3.8, 4) is 5.75 Å². The van der Waals surface area contributed by atoms with Crippen molar-refractivity contribution in [2.75, 3.05) is 11.5 Å². The molecule has 4 aromatic rings. The zero-order valence-electron chi connectivity index (χ0n) is 24.3. The Kier molecular flexibility index (Phi) is 8.86. The quantitative estimate of drug-likeness (QED) is 0.0412. The van der Waals surface area contributed by atoms with Gasteiger partial charge in [-0.15, -0.1) is 0 Å². The van der Waals surface area contributed by atoms with Gasteiger partial charge in [-0.05, 0) is 54.8 Å². The number of thiazole rings is 1. The number of aryl methyl sites for hydroxylation is 2. The number of aliphatic hydroxyl groups is 1. The van der Waals surface area contributed by atoms with Gasteiger partial charge in [-0.25, -0.2) is 9.78 Å². The molecule has 5 rings (SSSR count). The minimum atomic E-state index is -1.29. The van der Waals surface area contributed by atoms with E-state index >= 15 is 0 Å². The molecule has 0 spiro atoms. The van der Waals surface area contributed by atoms with Gasteiger partial charge >= 0.3 is 11.9 Å². The number of hydrogen-bond donors (Lipinski definition) is 1. The summed E-state index contributed by atoms with van der Waals surface area (Å²) < 4.78 is 11.0. The number of esters is 1. The second kappa shape index (κ2) is 12.9. The Morgan fingerprint density at radius 1 is 1.11 bits per heavy atom. The second-order valence-electron chi connectivity index (χ2n) is 10.1. The highest BCUT2D eigenvalue weighted by molar-refractivity contribution is 7.17. The molecule has 1 saturated heterocycles. The number of amides is 1. The molecule has 45 heavy (non-hydrogen) atoms. The number of ketones is 1. The number of Topliss-reactive ketones (excluding diaryl/α,β-unsaturated/α-hetero) is 1. The van der Waals surface area contributed by atoms with Crippen LogP contribution in [0.4, 0.5) is 10.8 Å². The summed E-state index contributed by atoms with van der Waals surface area (Å²) in [6.07, 6.45) is 1.40. The van der Waals surface area contributed by atoms with Gasteiger partial charge < -0.3 is 14.6 Å². The van der Waals surface area contributed by atoms with Crippen LogP contribution in [0.1, 0.15) is 43.7 Å². The fraction of sp³-hybridized carbons (Fsp3) is 0.152. The first kappa shape index (κ1) is 30.8. The summed E-state index contributed by atoms with van der Waals surface area (Å²) in [6.45, 7) is 7.33. The number of nitro groups is 1. The van der Waals surface area contributed by atoms with Crippen LogP contribution in [0.5, 0.6) is 5.75 Å². The van der Waals surface area contributed by atoms with Crippen LogP contribution >= 0.6 is 11.3 Å².